The minimum absolute atomic E-state index is 0.0356. The number of anilines is 1. The van der Waals surface area contributed by atoms with Gasteiger partial charge >= 0.3 is 0 Å². The summed E-state index contributed by atoms with van der Waals surface area (Å²) in [6, 6.07) is 8.34. The van der Waals surface area contributed by atoms with E-state index in [1.54, 1.807) is 11.1 Å². The van der Waals surface area contributed by atoms with Gasteiger partial charge in [-0.15, -0.1) is 0 Å². The van der Waals surface area contributed by atoms with Gasteiger partial charge in [-0.3, -0.25) is 9.59 Å². The first-order valence-electron chi connectivity index (χ1n) is 12.3. The molecule has 7 nitrogen and oxygen atoms in total. The Bertz CT molecular complexity index is 1000. The summed E-state index contributed by atoms with van der Waals surface area (Å²) >= 11 is 0. The summed E-state index contributed by atoms with van der Waals surface area (Å²) in [6.07, 6.45) is 6.10. The van der Waals surface area contributed by atoms with Crippen molar-refractivity contribution in [1.82, 2.24) is 19.8 Å². The molecule has 1 atom stereocenters. The highest BCUT2D eigenvalue weighted by molar-refractivity contribution is 5.94. The van der Waals surface area contributed by atoms with E-state index in [0.717, 1.165) is 45.3 Å². The molecule has 2 aliphatic heterocycles. The maximum atomic E-state index is 13.3. The predicted octanol–water partition coefficient (Wildman–Crippen LogP) is 3.77. The molecule has 2 amide bonds. The molecule has 2 aromatic rings. The second kappa shape index (κ2) is 10.3. The Morgan fingerprint density at radius 1 is 1.12 bits per heavy atom. The number of rotatable bonds is 7. The van der Waals surface area contributed by atoms with Crippen LogP contribution in [0.1, 0.15) is 73.0 Å². The molecule has 0 N–H and O–H groups in total. The van der Waals surface area contributed by atoms with E-state index in [0.29, 0.717) is 36.6 Å². The largest absolute Gasteiger partial charge is 0.370 e. The van der Waals surface area contributed by atoms with E-state index in [9.17, 15) is 9.59 Å². The summed E-state index contributed by atoms with van der Waals surface area (Å²) in [6.45, 7) is 9.56. The van der Waals surface area contributed by atoms with E-state index in [4.69, 9.17) is 4.98 Å². The Morgan fingerprint density at radius 2 is 1.91 bits per heavy atom. The minimum atomic E-state index is -0.117. The minimum Gasteiger partial charge on any atom is -0.370 e. The molecule has 1 aromatic carbocycles. The van der Waals surface area contributed by atoms with Gasteiger partial charge in [0.1, 0.15) is 0 Å². The molecule has 7 heteroatoms. The zero-order valence-corrected chi connectivity index (χ0v) is 20.1. The third-order valence-electron chi connectivity index (χ3n) is 6.98. The first-order valence-corrected chi connectivity index (χ1v) is 12.3. The fraction of sp³-hybridized carbons (Fsp3) is 0.538. The highest BCUT2D eigenvalue weighted by Gasteiger charge is 2.31. The summed E-state index contributed by atoms with van der Waals surface area (Å²) in [5.41, 5.74) is 3.85. The lowest BCUT2D eigenvalue weighted by molar-refractivity contribution is -0.135. The van der Waals surface area contributed by atoms with Crippen LogP contribution in [0.4, 0.5) is 5.69 Å². The smallest absolute Gasteiger partial charge is 0.257 e. The maximum absolute atomic E-state index is 13.3. The van der Waals surface area contributed by atoms with Crippen molar-refractivity contribution in [3.05, 3.63) is 53.1 Å². The number of para-hydroxylation sites is 1. The van der Waals surface area contributed by atoms with Crippen molar-refractivity contribution in [2.75, 3.05) is 37.6 Å². The van der Waals surface area contributed by atoms with Gasteiger partial charge in [0.05, 0.1) is 17.3 Å². The average Bonchev–Trinajstić information content (AvgIpc) is 3.26. The third-order valence-corrected chi connectivity index (χ3v) is 6.98. The van der Waals surface area contributed by atoms with Gasteiger partial charge in [0, 0.05) is 51.0 Å². The lowest BCUT2D eigenvalue weighted by atomic mass is 10.0. The van der Waals surface area contributed by atoms with E-state index >= 15 is 0 Å². The van der Waals surface area contributed by atoms with Crippen LogP contribution in [0.5, 0.6) is 0 Å². The molecule has 1 fully saturated rings. The summed E-state index contributed by atoms with van der Waals surface area (Å²) in [4.78, 5) is 41.4. The Morgan fingerprint density at radius 3 is 2.67 bits per heavy atom. The molecule has 176 valence electrons. The second-order valence-electron chi connectivity index (χ2n) is 8.92. The van der Waals surface area contributed by atoms with Crippen molar-refractivity contribution >= 4 is 17.5 Å². The number of hydrogen-bond acceptors (Lipinski definition) is 5. The molecule has 0 unspecified atom stereocenters. The van der Waals surface area contributed by atoms with Crippen LogP contribution < -0.4 is 4.90 Å². The first kappa shape index (κ1) is 23.2. The Labute approximate surface area is 196 Å². The number of aromatic nitrogens is 2. The van der Waals surface area contributed by atoms with Crippen molar-refractivity contribution in [3.63, 3.8) is 0 Å². The van der Waals surface area contributed by atoms with Gasteiger partial charge < -0.3 is 14.7 Å². The first-order chi connectivity index (χ1) is 16.0. The van der Waals surface area contributed by atoms with Crippen LogP contribution in [0.15, 0.2) is 30.5 Å². The van der Waals surface area contributed by atoms with Crippen LogP contribution in [0.25, 0.3) is 0 Å². The number of carbonyl (C=O) groups is 2. The standard InChI is InChI=1S/C26H35N5O2/c1-4-29(5-2)26(33)21-18-27-25(28-19(21)3)23-12-8-9-15-31(23)24(32)14-17-30-16-13-20-10-6-7-11-22(20)30/h6-7,10-11,18,23H,4-5,8-9,12-17H2,1-3H3/t23-/m0/s1. The van der Waals surface area contributed by atoms with Crippen LogP contribution in [0.2, 0.25) is 0 Å². The van der Waals surface area contributed by atoms with Crippen molar-refractivity contribution in [3.8, 4) is 0 Å². The summed E-state index contributed by atoms with van der Waals surface area (Å²) in [5, 5.41) is 0. The number of piperidine rings is 1. The van der Waals surface area contributed by atoms with Gasteiger partial charge in [0.15, 0.2) is 5.82 Å². The second-order valence-corrected chi connectivity index (χ2v) is 8.92. The third kappa shape index (κ3) is 4.87. The van der Waals surface area contributed by atoms with Crippen molar-refractivity contribution in [2.24, 2.45) is 0 Å². The molecule has 0 radical (unpaired) electrons. The monoisotopic (exact) mass is 449 g/mol. The predicted molar refractivity (Wildman–Crippen MR) is 129 cm³/mol. The van der Waals surface area contributed by atoms with Crippen molar-refractivity contribution < 1.29 is 9.59 Å². The molecule has 0 bridgehead atoms. The lowest BCUT2D eigenvalue weighted by Gasteiger charge is -2.35. The number of aryl methyl sites for hydroxylation is 1. The van der Waals surface area contributed by atoms with Crippen molar-refractivity contribution in [2.45, 2.75) is 58.9 Å². The van der Waals surface area contributed by atoms with Crippen molar-refractivity contribution in [1.29, 1.82) is 0 Å². The van der Waals surface area contributed by atoms with Crippen LogP contribution in [0.3, 0.4) is 0 Å². The number of hydrogen-bond donors (Lipinski definition) is 0. The van der Waals surface area contributed by atoms with Gasteiger partial charge in [-0.2, -0.15) is 0 Å². The molecule has 33 heavy (non-hydrogen) atoms. The van der Waals surface area contributed by atoms with E-state index in [1.165, 1.54) is 11.3 Å². The van der Waals surface area contributed by atoms with Gasteiger partial charge in [0.2, 0.25) is 5.91 Å². The molecule has 3 heterocycles. The highest BCUT2D eigenvalue weighted by atomic mass is 16.2. The zero-order chi connectivity index (χ0) is 23.4. The summed E-state index contributed by atoms with van der Waals surface area (Å²) in [7, 11) is 0. The van der Waals surface area contributed by atoms with Gasteiger partial charge in [-0.1, -0.05) is 18.2 Å². The average molecular weight is 450 g/mol. The molecule has 1 aromatic heterocycles. The van der Waals surface area contributed by atoms with Crippen LogP contribution in [-0.4, -0.2) is 64.3 Å². The summed E-state index contributed by atoms with van der Waals surface area (Å²) in [5.74, 6) is 0.781. The van der Waals surface area contributed by atoms with E-state index in [1.807, 2.05) is 25.7 Å². The van der Waals surface area contributed by atoms with E-state index < -0.39 is 0 Å². The Hall–Kier alpha value is -2.96. The molecule has 2 aliphatic rings. The molecular weight excluding hydrogens is 414 g/mol. The number of benzene rings is 1. The number of likely N-dealkylation sites (tertiary alicyclic amines) is 1. The lowest BCUT2D eigenvalue weighted by Crippen LogP contribution is -2.41. The Balaban J connectivity index is 1.45. The van der Waals surface area contributed by atoms with E-state index in [2.05, 4.69) is 34.1 Å². The van der Waals surface area contributed by atoms with Gasteiger partial charge in [-0.25, -0.2) is 9.97 Å². The number of carbonyl (C=O) groups excluding carboxylic acids is 2. The fourth-order valence-electron chi connectivity index (χ4n) is 5.05. The SMILES string of the molecule is CCN(CC)C(=O)c1cnc([C@@H]2CCCCN2C(=O)CCN2CCc3ccccc32)nc1C. The van der Waals surface area contributed by atoms with E-state index in [-0.39, 0.29) is 17.9 Å². The fourth-order valence-corrected chi connectivity index (χ4v) is 5.05. The number of nitrogens with zero attached hydrogens (tertiary/aromatic N) is 5. The topological polar surface area (TPSA) is 69.6 Å². The molecule has 0 aliphatic carbocycles. The molecular formula is C26H35N5O2. The summed E-state index contributed by atoms with van der Waals surface area (Å²) < 4.78 is 0. The Kier molecular flexibility index (Phi) is 7.26. The molecule has 0 spiro atoms. The molecule has 4 rings (SSSR count). The molecule has 0 saturated carbocycles. The quantitative estimate of drug-likeness (QED) is 0.644. The van der Waals surface area contributed by atoms with Crippen LogP contribution >= 0.6 is 0 Å². The highest BCUT2D eigenvalue weighted by Crippen LogP contribution is 2.31. The zero-order valence-electron chi connectivity index (χ0n) is 20.1. The molecule has 1 saturated heterocycles. The van der Waals surface area contributed by atoms with Gasteiger partial charge in [0.25, 0.3) is 5.91 Å². The van der Waals surface area contributed by atoms with Gasteiger partial charge in [-0.05, 0) is 58.1 Å². The number of amides is 2. The number of fused-ring (bicyclic) bond motifs is 1. The van der Waals surface area contributed by atoms with Crippen LogP contribution in [-0.2, 0) is 11.2 Å². The normalized spacial score (nSPS) is 17.7. The van der Waals surface area contributed by atoms with Crippen LogP contribution in [0, 0.1) is 6.92 Å². The maximum Gasteiger partial charge on any atom is 0.257 e.